The van der Waals surface area contributed by atoms with Crippen molar-refractivity contribution in [2.75, 3.05) is 0 Å². The normalized spacial score (nSPS) is 12.9. The van der Waals surface area contributed by atoms with Gasteiger partial charge in [0.05, 0.1) is 6.26 Å². The van der Waals surface area contributed by atoms with Crippen LogP contribution in [0.1, 0.15) is 5.56 Å². The summed E-state index contributed by atoms with van der Waals surface area (Å²) in [6.07, 6.45) is 1.72. The van der Waals surface area contributed by atoms with E-state index in [9.17, 15) is 4.79 Å². The smallest absolute Gasteiger partial charge is 0.320 e. The molecule has 0 aliphatic heterocycles. The summed E-state index contributed by atoms with van der Waals surface area (Å²) in [5, 5.41) is 10.1. The number of hydrogen-bond acceptors (Lipinski definition) is 3. The fourth-order valence-corrected chi connectivity index (χ4v) is 1.83. The third kappa shape index (κ3) is 1.89. The highest BCUT2D eigenvalue weighted by Crippen LogP contribution is 2.27. The first kappa shape index (κ1) is 11.0. The number of carbonyl (C=O) groups is 1. The molecule has 84 valence electrons. The third-order valence-electron chi connectivity index (χ3n) is 2.43. The van der Waals surface area contributed by atoms with Crippen molar-refractivity contribution < 1.29 is 14.3 Å². The van der Waals surface area contributed by atoms with E-state index in [0.29, 0.717) is 16.2 Å². The molecular weight excluding hydrogens is 230 g/mol. The Balaban J connectivity index is 2.45. The van der Waals surface area contributed by atoms with Crippen LogP contribution in [0.3, 0.4) is 0 Å². The lowest BCUT2D eigenvalue weighted by molar-refractivity contribution is -0.138. The first-order chi connectivity index (χ1) is 7.59. The lowest BCUT2D eigenvalue weighted by Crippen LogP contribution is -2.32. The first-order valence-electron chi connectivity index (χ1n) is 4.72. The minimum absolute atomic E-state index is 0.186. The molecule has 16 heavy (non-hydrogen) atoms. The molecule has 0 bridgehead atoms. The van der Waals surface area contributed by atoms with Gasteiger partial charge in [-0.2, -0.15) is 0 Å². The number of fused-ring (bicyclic) bond motifs is 1. The molecule has 0 spiro atoms. The van der Waals surface area contributed by atoms with Gasteiger partial charge in [-0.25, -0.2) is 0 Å². The van der Waals surface area contributed by atoms with Crippen molar-refractivity contribution in [2.24, 2.45) is 5.73 Å². The Morgan fingerprint density at radius 3 is 2.94 bits per heavy atom. The van der Waals surface area contributed by atoms with E-state index in [1.54, 1.807) is 18.2 Å². The minimum Gasteiger partial charge on any atom is -0.480 e. The van der Waals surface area contributed by atoms with Gasteiger partial charge < -0.3 is 15.3 Å². The van der Waals surface area contributed by atoms with Crippen molar-refractivity contribution in [3.8, 4) is 0 Å². The average molecular weight is 240 g/mol. The maximum atomic E-state index is 10.7. The number of carboxylic acids is 1. The van der Waals surface area contributed by atoms with Gasteiger partial charge in [0.2, 0.25) is 0 Å². The molecule has 5 heteroatoms. The highest BCUT2D eigenvalue weighted by molar-refractivity contribution is 6.32. The lowest BCUT2D eigenvalue weighted by atomic mass is 10.0. The Labute approximate surface area is 96.6 Å². The fourth-order valence-electron chi connectivity index (χ4n) is 1.59. The van der Waals surface area contributed by atoms with Gasteiger partial charge in [0.25, 0.3) is 0 Å². The largest absolute Gasteiger partial charge is 0.480 e. The highest BCUT2D eigenvalue weighted by atomic mass is 35.5. The van der Waals surface area contributed by atoms with Crippen molar-refractivity contribution in [3.05, 3.63) is 35.0 Å². The summed E-state index contributed by atoms with van der Waals surface area (Å²) < 4.78 is 5.21. The topological polar surface area (TPSA) is 76.5 Å². The predicted molar refractivity (Wildman–Crippen MR) is 60.5 cm³/mol. The summed E-state index contributed by atoms with van der Waals surface area (Å²) >= 11 is 6.02. The molecule has 1 aromatic carbocycles. The number of halogens is 1. The molecule has 2 rings (SSSR count). The van der Waals surface area contributed by atoms with Crippen LogP contribution in [0.4, 0.5) is 0 Å². The van der Waals surface area contributed by atoms with Gasteiger partial charge in [-0.15, -0.1) is 0 Å². The standard InChI is InChI=1S/C11H10ClNO3/c12-8-1-2-10-6(3-4-16-10)7(8)5-9(13)11(14)15/h1-4,9H,5,13H2,(H,14,15). The van der Waals surface area contributed by atoms with Crippen LogP contribution in [0.25, 0.3) is 11.0 Å². The van der Waals surface area contributed by atoms with Crippen molar-refractivity contribution in [1.82, 2.24) is 0 Å². The van der Waals surface area contributed by atoms with E-state index in [4.69, 9.17) is 26.9 Å². The molecule has 0 saturated heterocycles. The number of benzene rings is 1. The van der Waals surface area contributed by atoms with Crippen LogP contribution < -0.4 is 5.73 Å². The van der Waals surface area contributed by atoms with Crippen LogP contribution in [0.5, 0.6) is 0 Å². The van der Waals surface area contributed by atoms with Gasteiger partial charge in [-0.1, -0.05) is 11.6 Å². The molecule has 3 N–H and O–H groups in total. The van der Waals surface area contributed by atoms with Gasteiger partial charge >= 0.3 is 5.97 Å². The van der Waals surface area contributed by atoms with E-state index in [-0.39, 0.29) is 6.42 Å². The summed E-state index contributed by atoms with van der Waals surface area (Å²) in [4.78, 5) is 10.7. The fraction of sp³-hybridized carbons (Fsp3) is 0.182. The molecule has 1 aromatic heterocycles. The molecule has 1 unspecified atom stereocenters. The Hall–Kier alpha value is -1.52. The summed E-state index contributed by atoms with van der Waals surface area (Å²) in [5.74, 6) is -1.04. The highest BCUT2D eigenvalue weighted by Gasteiger charge is 2.16. The van der Waals surface area contributed by atoms with Crippen LogP contribution in [-0.2, 0) is 11.2 Å². The predicted octanol–water partition coefficient (Wildman–Crippen LogP) is 2.04. The Bertz CT molecular complexity index is 535. The molecule has 1 heterocycles. The minimum atomic E-state index is -1.04. The molecule has 0 radical (unpaired) electrons. The zero-order valence-corrected chi connectivity index (χ0v) is 9.07. The molecular formula is C11H10ClNO3. The molecule has 1 atom stereocenters. The van der Waals surface area contributed by atoms with E-state index in [0.717, 1.165) is 5.39 Å². The number of rotatable bonds is 3. The van der Waals surface area contributed by atoms with Crippen LogP contribution in [0, 0.1) is 0 Å². The molecule has 0 amide bonds. The molecule has 0 aliphatic rings. The van der Waals surface area contributed by atoms with Crippen molar-refractivity contribution >= 4 is 28.5 Å². The molecule has 0 aliphatic carbocycles. The Kier molecular flexibility index (Phi) is 2.85. The number of aliphatic carboxylic acids is 1. The molecule has 4 nitrogen and oxygen atoms in total. The van der Waals surface area contributed by atoms with E-state index in [1.807, 2.05) is 0 Å². The number of furan rings is 1. The SMILES string of the molecule is NC(Cc1c(Cl)ccc2occc12)C(=O)O. The number of carboxylic acid groups (broad SMARTS) is 1. The first-order valence-corrected chi connectivity index (χ1v) is 5.10. The zero-order chi connectivity index (χ0) is 11.7. The van der Waals surface area contributed by atoms with Crippen LogP contribution in [0.15, 0.2) is 28.9 Å². The second-order valence-electron chi connectivity index (χ2n) is 3.51. The molecule has 0 saturated carbocycles. The maximum absolute atomic E-state index is 10.7. The molecule has 2 aromatic rings. The van der Waals surface area contributed by atoms with Crippen molar-refractivity contribution in [2.45, 2.75) is 12.5 Å². The second-order valence-corrected chi connectivity index (χ2v) is 3.91. The quantitative estimate of drug-likeness (QED) is 0.859. The number of nitrogens with two attached hydrogens (primary N) is 1. The van der Waals surface area contributed by atoms with Crippen LogP contribution in [-0.4, -0.2) is 17.1 Å². The van der Waals surface area contributed by atoms with Crippen molar-refractivity contribution in [1.29, 1.82) is 0 Å². The zero-order valence-electron chi connectivity index (χ0n) is 8.31. The third-order valence-corrected chi connectivity index (χ3v) is 2.78. The second kappa shape index (κ2) is 4.15. The maximum Gasteiger partial charge on any atom is 0.320 e. The summed E-state index contributed by atoms with van der Waals surface area (Å²) in [5.41, 5.74) is 6.88. The van der Waals surface area contributed by atoms with Gasteiger partial charge in [-0.05, 0) is 23.8 Å². The summed E-state index contributed by atoms with van der Waals surface area (Å²) in [7, 11) is 0. The van der Waals surface area contributed by atoms with E-state index < -0.39 is 12.0 Å². The Morgan fingerprint density at radius 1 is 1.50 bits per heavy atom. The van der Waals surface area contributed by atoms with Gasteiger partial charge in [0.15, 0.2) is 0 Å². The monoisotopic (exact) mass is 239 g/mol. The van der Waals surface area contributed by atoms with E-state index >= 15 is 0 Å². The Morgan fingerprint density at radius 2 is 2.25 bits per heavy atom. The summed E-state index contributed by atoms with van der Waals surface area (Å²) in [6, 6.07) is 4.22. The summed E-state index contributed by atoms with van der Waals surface area (Å²) in [6.45, 7) is 0. The van der Waals surface area contributed by atoms with Crippen LogP contribution >= 0.6 is 11.6 Å². The van der Waals surface area contributed by atoms with E-state index in [2.05, 4.69) is 0 Å². The van der Waals surface area contributed by atoms with Gasteiger partial charge in [0.1, 0.15) is 11.6 Å². The van der Waals surface area contributed by atoms with E-state index in [1.165, 1.54) is 6.26 Å². The van der Waals surface area contributed by atoms with Gasteiger partial charge in [-0.3, -0.25) is 4.79 Å². The van der Waals surface area contributed by atoms with Gasteiger partial charge in [0, 0.05) is 16.8 Å². The molecule has 0 fully saturated rings. The lowest BCUT2D eigenvalue weighted by Gasteiger charge is -2.09. The van der Waals surface area contributed by atoms with Crippen molar-refractivity contribution in [3.63, 3.8) is 0 Å². The number of hydrogen-bond donors (Lipinski definition) is 2. The van der Waals surface area contributed by atoms with Crippen LogP contribution in [0.2, 0.25) is 5.02 Å². The average Bonchev–Trinajstić information content (AvgIpc) is 2.70.